The largest absolute Gasteiger partial charge is 0.465 e. The molecule has 1 atom stereocenters. The van der Waals surface area contributed by atoms with Crippen LogP contribution in [-0.2, 0) is 9.53 Å². The molecule has 0 bridgehead atoms. The van der Waals surface area contributed by atoms with Crippen LogP contribution < -0.4 is 11.1 Å². The first-order valence-corrected chi connectivity index (χ1v) is 6.15. The number of nitrogens with one attached hydrogen (secondary N) is 1. The molecule has 1 rings (SSSR count). The molecule has 108 valence electrons. The minimum absolute atomic E-state index is 0.125. The van der Waals surface area contributed by atoms with Crippen molar-refractivity contribution in [2.75, 3.05) is 7.11 Å². The van der Waals surface area contributed by atoms with Crippen LogP contribution in [0.5, 0.6) is 0 Å². The number of amides is 2. The molecule has 0 aliphatic rings. The number of benzene rings is 1. The summed E-state index contributed by atoms with van der Waals surface area (Å²) < 4.78 is 4.58. The van der Waals surface area contributed by atoms with Crippen LogP contribution in [0.15, 0.2) is 24.3 Å². The SMILES string of the molecule is COC(=O)c1cccc(C(=O)N[C@@H](C(N)=O)C(C)C)c1. The Hall–Kier alpha value is -2.37. The van der Waals surface area contributed by atoms with Crippen LogP contribution in [0.4, 0.5) is 0 Å². The van der Waals surface area contributed by atoms with Crippen LogP contribution >= 0.6 is 0 Å². The zero-order valence-electron chi connectivity index (χ0n) is 11.7. The average molecular weight is 278 g/mol. The van der Waals surface area contributed by atoms with E-state index in [2.05, 4.69) is 10.1 Å². The molecule has 0 saturated carbocycles. The highest BCUT2D eigenvalue weighted by Gasteiger charge is 2.22. The minimum atomic E-state index is -0.760. The summed E-state index contributed by atoms with van der Waals surface area (Å²) in [4.78, 5) is 34.7. The second kappa shape index (κ2) is 6.70. The summed E-state index contributed by atoms with van der Waals surface area (Å²) in [5, 5.41) is 2.55. The Bertz CT molecular complexity index is 526. The molecule has 0 saturated heterocycles. The summed E-state index contributed by atoms with van der Waals surface area (Å²) in [6.07, 6.45) is 0. The van der Waals surface area contributed by atoms with E-state index < -0.39 is 23.8 Å². The smallest absolute Gasteiger partial charge is 0.337 e. The van der Waals surface area contributed by atoms with E-state index in [1.54, 1.807) is 26.0 Å². The molecule has 3 N–H and O–H groups in total. The monoisotopic (exact) mass is 278 g/mol. The number of hydrogen-bond acceptors (Lipinski definition) is 4. The molecule has 0 fully saturated rings. The molecule has 0 aliphatic heterocycles. The Balaban J connectivity index is 2.92. The molecule has 1 aromatic rings. The summed E-state index contributed by atoms with van der Waals surface area (Å²) in [5.74, 6) is -1.72. The minimum Gasteiger partial charge on any atom is -0.465 e. The number of rotatable bonds is 5. The fourth-order valence-electron chi connectivity index (χ4n) is 1.70. The Morgan fingerprint density at radius 3 is 2.30 bits per heavy atom. The van der Waals surface area contributed by atoms with Gasteiger partial charge in [-0.25, -0.2) is 4.79 Å². The number of carbonyl (C=O) groups excluding carboxylic acids is 3. The third-order valence-corrected chi connectivity index (χ3v) is 2.81. The second-order valence-electron chi connectivity index (χ2n) is 4.67. The van der Waals surface area contributed by atoms with Gasteiger partial charge in [0.1, 0.15) is 6.04 Å². The maximum Gasteiger partial charge on any atom is 0.337 e. The van der Waals surface area contributed by atoms with E-state index in [1.807, 2.05) is 0 Å². The lowest BCUT2D eigenvalue weighted by Gasteiger charge is -2.19. The molecule has 0 unspecified atom stereocenters. The summed E-state index contributed by atoms with van der Waals surface area (Å²) in [6.45, 7) is 3.56. The quantitative estimate of drug-likeness (QED) is 0.775. The van der Waals surface area contributed by atoms with Crippen molar-refractivity contribution in [3.8, 4) is 0 Å². The molecule has 2 amide bonds. The molecule has 0 spiro atoms. The standard InChI is InChI=1S/C14H18N2O4/c1-8(2)11(12(15)17)16-13(18)9-5-4-6-10(7-9)14(19)20-3/h4-8,11H,1-3H3,(H2,15,17)(H,16,18)/t11-/m1/s1. The molecule has 6 heteroatoms. The molecular formula is C14H18N2O4. The van der Waals surface area contributed by atoms with Gasteiger partial charge in [0.05, 0.1) is 12.7 Å². The molecule has 1 aromatic carbocycles. The molecule has 20 heavy (non-hydrogen) atoms. The van der Waals surface area contributed by atoms with Gasteiger partial charge in [-0.1, -0.05) is 19.9 Å². The van der Waals surface area contributed by atoms with Crippen LogP contribution in [0.3, 0.4) is 0 Å². The van der Waals surface area contributed by atoms with Crippen molar-refractivity contribution in [2.45, 2.75) is 19.9 Å². The van der Waals surface area contributed by atoms with Crippen molar-refractivity contribution in [3.05, 3.63) is 35.4 Å². The van der Waals surface area contributed by atoms with E-state index in [4.69, 9.17) is 5.73 Å². The van der Waals surface area contributed by atoms with Crippen molar-refractivity contribution >= 4 is 17.8 Å². The molecule has 0 aliphatic carbocycles. The number of ether oxygens (including phenoxy) is 1. The van der Waals surface area contributed by atoms with Gasteiger partial charge in [0.25, 0.3) is 5.91 Å². The van der Waals surface area contributed by atoms with Crippen molar-refractivity contribution in [3.63, 3.8) is 0 Å². The van der Waals surface area contributed by atoms with Gasteiger partial charge in [0.2, 0.25) is 5.91 Å². The maximum atomic E-state index is 12.1. The Kier molecular flexibility index (Phi) is 5.25. The highest BCUT2D eigenvalue weighted by atomic mass is 16.5. The fraction of sp³-hybridized carbons (Fsp3) is 0.357. The highest BCUT2D eigenvalue weighted by molar-refractivity contribution is 5.99. The van der Waals surface area contributed by atoms with Crippen molar-refractivity contribution in [1.82, 2.24) is 5.32 Å². The van der Waals surface area contributed by atoms with Gasteiger partial charge in [-0.3, -0.25) is 9.59 Å². The Labute approximate surface area is 117 Å². The van der Waals surface area contributed by atoms with E-state index in [-0.39, 0.29) is 17.0 Å². The zero-order chi connectivity index (χ0) is 15.3. The first-order valence-electron chi connectivity index (χ1n) is 6.15. The van der Waals surface area contributed by atoms with Crippen molar-refractivity contribution in [1.29, 1.82) is 0 Å². The normalized spacial score (nSPS) is 11.8. The van der Waals surface area contributed by atoms with E-state index >= 15 is 0 Å². The lowest BCUT2D eigenvalue weighted by molar-refractivity contribution is -0.120. The highest BCUT2D eigenvalue weighted by Crippen LogP contribution is 2.08. The van der Waals surface area contributed by atoms with Gasteiger partial charge in [-0.2, -0.15) is 0 Å². The summed E-state index contributed by atoms with van der Waals surface area (Å²) in [6, 6.07) is 5.29. The van der Waals surface area contributed by atoms with E-state index in [0.29, 0.717) is 0 Å². The van der Waals surface area contributed by atoms with Gasteiger partial charge < -0.3 is 15.8 Å². The first kappa shape index (κ1) is 15.7. The lowest BCUT2D eigenvalue weighted by Crippen LogP contribution is -2.47. The molecular weight excluding hydrogens is 260 g/mol. The number of nitrogens with two attached hydrogens (primary N) is 1. The van der Waals surface area contributed by atoms with Crippen molar-refractivity contribution in [2.24, 2.45) is 11.7 Å². The van der Waals surface area contributed by atoms with E-state index in [1.165, 1.54) is 19.2 Å². The van der Waals surface area contributed by atoms with Gasteiger partial charge in [0.15, 0.2) is 0 Å². The molecule has 0 radical (unpaired) electrons. The number of esters is 1. The van der Waals surface area contributed by atoms with Gasteiger partial charge in [-0.15, -0.1) is 0 Å². The van der Waals surface area contributed by atoms with Gasteiger partial charge in [-0.05, 0) is 24.1 Å². The zero-order valence-corrected chi connectivity index (χ0v) is 11.7. The van der Waals surface area contributed by atoms with Crippen LogP contribution in [0.2, 0.25) is 0 Å². The topological polar surface area (TPSA) is 98.5 Å². The summed E-state index contributed by atoms with van der Waals surface area (Å²) >= 11 is 0. The maximum absolute atomic E-state index is 12.1. The molecule has 0 heterocycles. The van der Waals surface area contributed by atoms with Crippen LogP contribution in [0.1, 0.15) is 34.6 Å². The first-order chi connectivity index (χ1) is 9.36. The second-order valence-corrected chi connectivity index (χ2v) is 4.67. The van der Waals surface area contributed by atoms with Crippen LogP contribution in [0, 0.1) is 5.92 Å². The third-order valence-electron chi connectivity index (χ3n) is 2.81. The summed E-state index contributed by atoms with van der Waals surface area (Å²) in [5.41, 5.74) is 5.76. The number of methoxy groups -OCH3 is 1. The average Bonchev–Trinajstić information content (AvgIpc) is 2.42. The molecule has 6 nitrogen and oxygen atoms in total. The van der Waals surface area contributed by atoms with Crippen LogP contribution in [0.25, 0.3) is 0 Å². The lowest BCUT2D eigenvalue weighted by atomic mass is 10.0. The number of primary amides is 1. The molecule has 0 aromatic heterocycles. The van der Waals surface area contributed by atoms with Crippen LogP contribution in [-0.4, -0.2) is 30.9 Å². The van der Waals surface area contributed by atoms with Crippen molar-refractivity contribution < 1.29 is 19.1 Å². The van der Waals surface area contributed by atoms with Gasteiger partial charge in [0, 0.05) is 5.56 Å². The number of carbonyl (C=O) groups is 3. The predicted octanol–water partition coefficient (Wildman–Crippen LogP) is 0.713. The third kappa shape index (κ3) is 3.81. The summed E-state index contributed by atoms with van der Waals surface area (Å²) in [7, 11) is 1.26. The number of hydrogen-bond donors (Lipinski definition) is 2. The Morgan fingerprint density at radius 2 is 1.80 bits per heavy atom. The predicted molar refractivity (Wildman–Crippen MR) is 73.1 cm³/mol. The van der Waals surface area contributed by atoms with E-state index in [0.717, 1.165) is 0 Å². The van der Waals surface area contributed by atoms with E-state index in [9.17, 15) is 14.4 Å². The van der Waals surface area contributed by atoms with Gasteiger partial charge >= 0.3 is 5.97 Å². The Morgan fingerprint density at radius 1 is 1.20 bits per heavy atom. The fourth-order valence-corrected chi connectivity index (χ4v) is 1.70.